The van der Waals surface area contributed by atoms with Gasteiger partial charge in [0.2, 0.25) is 0 Å². The molecule has 33 heavy (non-hydrogen) atoms. The van der Waals surface area contributed by atoms with Crippen LogP contribution in [0.4, 0.5) is 4.79 Å². The Labute approximate surface area is 197 Å². The van der Waals surface area contributed by atoms with Crippen LogP contribution in [0.1, 0.15) is 26.3 Å². The van der Waals surface area contributed by atoms with Crippen LogP contribution in [-0.2, 0) is 4.74 Å². The van der Waals surface area contributed by atoms with Crippen molar-refractivity contribution < 1.29 is 14.3 Å². The van der Waals surface area contributed by atoms with Crippen LogP contribution in [0, 0.1) is 11.3 Å². The van der Waals surface area contributed by atoms with Gasteiger partial charge in [0.05, 0.1) is 5.69 Å². The number of carbonyl (C=O) groups excluding carboxylic acids is 1. The zero-order valence-corrected chi connectivity index (χ0v) is 20.2. The molecule has 9 nitrogen and oxygen atoms in total. The number of nitrogens with zero attached hydrogens (tertiary/aromatic N) is 4. The van der Waals surface area contributed by atoms with Crippen molar-refractivity contribution in [3.05, 3.63) is 40.2 Å². The number of thioether (sulfide) groups is 1. The second-order valence-electron chi connectivity index (χ2n) is 8.60. The number of aromatic nitrogens is 2. The summed E-state index contributed by atoms with van der Waals surface area (Å²) in [7, 11) is 0. The molecule has 0 bridgehead atoms. The number of nitriles is 1. The average Bonchev–Trinajstić information content (AvgIpc) is 2.78. The molecule has 1 aromatic carbocycles. The molecule has 1 amide bonds. The SMILES string of the molecule is CSc1nc(-c2cccc(OCCN3CCN(C(=O)OC(C)(C)C)CC3)c2)c(C#N)c(=O)[nH]1. The van der Waals surface area contributed by atoms with Crippen LogP contribution in [0.3, 0.4) is 0 Å². The van der Waals surface area contributed by atoms with Crippen LogP contribution in [0.25, 0.3) is 11.3 Å². The van der Waals surface area contributed by atoms with Crippen LogP contribution in [0.15, 0.2) is 34.2 Å². The number of carbonyl (C=O) groups is 1. The molecule has 1 aromatic heterocycles. The molecular weight excluding hydrogens is 442 g/mol. The number of nitrogens with one attached hydrogen (secondary N) is 1. The second kappa shape index (κ2) is 10.7. The highest BCUT2D eigenvalue weighted by Gasteiger charge is 2.25. The second-order valence-corrected chi connectivity index (χ2v) is 9.39. The fourth-order valence-electron chi connectivity index (χ4n) is 3.37. The number of benzene rings is 1. The molecule has 1 aliphatic heterocycles. The van der Waals surface area contributed by atoms with Gasteiger partial charge in [-0.3, -0.25) is 9.69 Å². The van der Waals surface area contributed by atoms with E-state index in [1.807, 2.05) is 39.0 Å². The third kappa shape index (κ3) is 6.73. The van der Waals surface area contributed by atoms with Gasteiger partial charge in [0, 0.05) is 38.3 Å². The number of amides is 1. The van der Waals surface area contributed by atoms with Crippen LogP contribution in [0.2, 0.25) is 0 Å². The molecule has 2 heterocycles. The third-order valence-corrected chi connectivity index (χ3v) is 5.59. The van der Waals surface area contributed by atoms with Crippen LogP contribution in [0.5, 0.6) is 5.75 Å². The first-order valence-corrected chi connectivity index (χ1v) is 11.9. The first-order valence-electron chi connectivity index (χ1n) is 10.7. The molecule has 0 atom stereocenters. The van der Waals surface area contributed by atoms with Gasteiger partial charge in [0.1, 0.15) is 29.6 Å². The quantitative estimate of drug-likeness (QED) is 0.506. The highest BCUT2D eigenvalue weighted by atomic mass is 32.2. The lowest BCUT2D eigenvalue weighted by atomic mass is 10.1. The lowest BCUT2D eigenvalue weighted by Crippen LogP contribution is -2.50. The molecular formula is C23H29N5O4S. The third-order valence-electron chi connectivity index (χ3n) is 5.01. The van der Waals surface area contributed by atoms with E-state index in [0.717, 1.165) is 19.6 Å². The Morgan fingerprint density at radius 2 is 2.00 bits per heavy atom. The van der Waals surface area contributed by atoms with E-state index < -0.39 is 11.2 Å². The number of H-pyrrole nitrogens is 1. The van der Waals surface area contributed by atoms with Gasteiger partial charge in [-0.15, -0.1) is 0 Å². The fraction of sp³-hybridized carbons (Fsp3) is 0.478. The molecule has 0 radical (unpaired) electrons. The Kier molecular flexibility index (Phi) is 8.00. The maximum absolute atomic E-state index is 12.2. The minimum Gasteiger partial charge on any atom is -0.492 e. The number of piperazine rings is 1. The number of aromatic amines is 1. The van der Waals surface area contributed by atoms with Gasteiger partial charge in [0.15, 0.2) is 5.16 Å². The summed E-state index contributed by atoms with van der Waals surface area (Å²) in [5.74, 6) is 0.636. The van der Waals surface area contributed by atoms with Gasteiger partial charge in [0.25, 0.3) is 5.56 Å². The molecule has 1 saturated heterocycles. The fourth-order valence-corrected chi connectivity index (χ4v) is 3.75. The van der Waals surface area contributed by atoms with Crippen molar-refractivity contribution in [2.24, 2.45) is 0 Å². The van der Waals surface area contributed by atoms with Crippen molar-refractivity contribution in [2.75, 3.05) is 45.6 Å². The number of hydrogen-bond acceptors (Lipinski definition) is 8. The molecule has 0 saturated carbocycles. The molecule has 0 unspecified atom stereocenters. The van der Waals surface area contributed by atoms with E-state index in [-0.39, 0.29) is 11.7 Å². The predicted molar refractivity (Wildman–Crippen MR) is 127 cm³/mol. The Morgan fingerprint density at radius 1 is 1.27 bits per heavy atom. The molecule has 0 spiro atoms. The normalized spacial score (nSPS) is 14.6. The summed E-state index contributed by atoms with van der Waals surface area (Å²) in [6.07, 6.45) is 1.53. The van der Waals surface area contributed by atoms with Gasteiger partial charge in [-0.25, -0.2) is 9.78 Å². The van der Waals surface area contributed by atoms with Crippen molar-refractivity contribution in [3.63, 3.8) is 0 Å². The molecule has 3 rings (SSSR count). The monoisotopic (exact) mass is 471 g/mol. The molecule has 2 aromatic rings. The molecule has 176 valence electrons. The predicted octanol–water partition coefficient (Wildman–Crippen LogP) is 2.96. The van der Waals surface area contributed by atoms with Crippen molar-refractivity contribution >= 4 is 17.9 Å². The van der Waals surface area contributed by atoms with Crippen LogP contribution < -0.4 is 10.3 Å². The summed E-state index contributed by atoms with van der Waals surface area (Å²) in [6, 6.07) is 9.17. The summed E-state index contributed by atoms with van der Waals surface area (Å²) >= 11 is 1.30. The number of rotatable bonds is 6. The summed E-state index contributed by atoms with van der Waals surface area (Å²) in [4.78, 5) is 35.4. The van der Waals surface area contributed by atoms with Gasteiger partial charge in [-0.2, -0.15) is 5.26 Å². The van der Waals surface area contributed by atoms with E-state index in [1.54, 1.807) is 23.3 Å². The van der Waals surface area contributed by atoms with E-state index in [4.69, 9.17) is 9.47 Å². The van der Waals surface area contributed by atoms with Crippen molar-refractivity contribution in [3.8, 4) is 23.1 Å². The summed E-state index contributed by atoms with van der Waals surface area (Å²) in [5.41, 5.74) is 0.0203. The molecule has 10 heteroatoms. The molecule has 1 aliphatic rings. The minimum absolute atomic E-state index is 0.0205. The maximum atomic E-state index is 12.2. The van der Waals surface area contributed by atoms with Crippen LogP contribution >= 0.6 is 11.8 Å². The van der Waals surface area contributed by atoms with Crippen molar-refractivity contribution in [2.45, 2.75) is 31.5 Å². The molecule has 1 fully saturated rings. The zero-order valence-electron chi connectivity index (χ0n) is 19.4. The highest BCUT2D eigenvalue weighted by molar-refractivity contribution is 7.98. The van der Waals surface area contributed by atoms with Gasteiger partial charge >= 0.3 is 6.09 Å². The molecule has 1 N–H and O–H groups in total. The van der Waals surface area contributed by atoms with Gasteiger partial charge in [-0.1, -0.05) is 23.9 Å². The van der Waals surface area contributed by atoms with E-state index >= 15 is 0 Å². The smallest absolute Gasteiger partial charge is 0.410 e. The highest BCUT2D eigenvalue weighted by Crippen LogP contribution is 2.25. The van der Waals surface area contributed by atoms with Gasteiger partial charge < -0.3 is 19.4 Å². The Bertz CT molecular complexity index is 1080. The zero-order chi connectivity index (χ0) is 24.0. The van der Waals surface area contributed by atoms with Crippen molar-refractivity contribution in [1.82, 2.24) is 19.8 Å². The van der Waals surface area contributed by atoms with Crippen molar-refractivity contribution in [1.29, 1.82) is 5.26 Å². The lowest BCUT2D eigenvalue weighted by Gasteiger charge is -2.35. The summed E-state index contributed by atoms with van der Waals surface area (Å²) in [6.45, 7) is 9.52. The van der Waals surface area contributed by atoms with Crippen LogP contribution in [-0.4, -0.2) is 77.0 Å². The Balaban J connectivity index is 1.56. The van der Waals surface area contributed by atoms with E-state index in [1.165, 1.54) is 11.8 Å². The first-order chi connectivity index (χ1) is 15.7. The number of ether oxygens (including phenoxy) is 2. The van der Waals surface area contributed by atoms with E-state index in [2.05, 4.69) is 14.9 Å². The largest absolute Gasteiger partial charge is 0.492 e. The van der Waals surface area contributed by atoms with E-state index in [0.29, 0.717) is 41.9 Å². The maximum Gasteiger partial charge on any atom is 0.410 e. The first kappa shape index (κ1) is 24.6. The van der Waals surface area contributed by atoms with E-state index in [9.17, 15) is 14.9 Å². The molecule has 0 aliphatic carbocycles. The standard InChI is InChI=1S/C23H29N5O4S/c1-23(2,3)32-22(30)28-10-8-27(9-11-28)12-13-31-17-7-5-6-16(14-17)19-18(15-24)20(29)26-21(25-19)33-4/h5-7,14H,8-13H2,1-4H3,(H,25,26,29). The Hall–Kier alpha value is -3.03. The summed E-state index contributed by atoms with van der Waals surface area (Å²) < 4.78 is 11.4. The Morgan fingerprint density at radius 3 is 2.64 bits per heavy atom. The summed E-state index contributed by atoms with van der Waals surface area (Å²) in [5, 5.41) is 9.85. The minimum atomic E-state index is -0.496. The average molecular weight is 472 g/mol. The lowest BCUT2D eigenvalue weighted by molar-refractivity contribution is 0.0137. The number of hydrogen-bond donors (Lipinski definition) is 1. The topological polar surface area (TPSA) is 112 Å². The van der Waals surface area contributed by atoms with Gasteiger partial charge in [-0.05, 0) is 39.2 Å².